The van der Waals surface area contributed by atoms with E-state index in [-0.39, 0.29) is 11.7 Å². The standard InChI is InChI=1S/C13H15FN2O/c14-12-3-1-11(2-4-12)13(17)16-9-10-5-7-15-8-6-10/h1-5,15H,6-9H2,(H,16,17). The smallest absolute Gasteiger partial charge is 0.251 e. The van der Waals surface area contributed by atoms with E-state index >= 15 is 0 Å². The summed E-state index contributed by atoms with van der Waals surface area (Å²) in [5.41, 5.74) is 1.72. The van der Waals surface area contributed by atoms with Crippen molar-refractivity contribution in [3.63, 3.8) is 0 Å². The molecule has 1 aromatic carbocycles. The summed E-state index contributed by atoms with van der Waals surface area (Å²) in [6, 6.07) is 5.56. The Balaban J connectivity index is 1.88. The Labute approximate surface area is 99.7 Å². The Kier molecular flexibility index (Phi) is 3.88. The number of carbonyl (C=O) groups is 1. The molecule has 2 rings (SSSR count). The first kappa shape index (κ1) is 11.8. The van der Waals surface area contributed by atoms with E-state index in [9.17, 15) is 9.18 Å². The maximum absolute atomic E-state index is 12.7. The van der Waals surface area contributed by atoms with Gasteiger partial charge in [-0.1, -0.05) is 11.6 Å². The van der Waals surface area contributed by atoms with Gasteiger partial charge >= 0.3 is 0 Å². The molecule has 0 radical (unpaired) electrons. The van der Waals surface area contributed by atoms with Gasteiger partial charge in [0.15, 0.2) is 0 Å². The lowest BCUT2D eigenvalue weighted by molar-refractivity contribution is 0.0956. The van der Waals surface area contributed by atoms with Gasteiger partial charge in [0.1, 0.15) is 5.82 Å². The number of nitrogens with one attached hydrogen (secondary N) is 2. The van der Waals surface area contributed by atoms with Crippen LogP contribution in [0, 0.1) is 5.82 Å². The molecule has 1 aliphatic heterocycles. The molecule has 1 heterocycles. The van der Waals surface area contributed by atoms with Gasteiger partial charge in [0, 0.05) is 18.7 Å². The first-order valence-corrected chi connectivity index (χ1v) is 5.68. The van der Waals surface area contributed by atoms with E-state index < -0.39 is 0 Å². The number of benzene rings is 1. The van der Waals surface area contributed by atoms with E-state index in [1.165, 1.54) is 29.8 Å². The topological polar surface area (TPSA) is 41.1 Å². The number of carbonyl (C=O) groups excluding carboxylic acids is 1. The average molecular weight is 234 g/mol. The van der Waals surface area contributed by atoms with Gasteiger partial charge in [-0.15, -0.1) is 0 Å². The molecule has 0 saturated heterocycles. The lowest BCUT2D eigenvalue weighted by Gasteiger charge is -2.14. The van der Waals surface area contributed by atoms with Gasteiger partial charge in [0.25, 0.3) is 5.91 Å². The second kappa shape index (κ2) is 5.59. The van der Waals surface area contributed by atoms with E-state index in [0.717, 1.165) is 19.5 Å². The fourth-order valence-corrected chi connectivity index (χ4v) is 1.73. The quantitative estimate of drug-likeness (QED) is 0.778. The summed E-state index contributed by atoms with van der Waals surface area (Å²) in [5, 5.41) is 6.04. The van der Waals surface area contributed by atoms with Crippen LogP contribution in [0.1, 0.15) is 16.8 Å². The van der Waals surface area contributed by atoms with Crippen molar-refractivity contribution in [1.29, 1.82) is 0 Å². The Hall–Kier alpha value is -1.68. The third-order valence-electron chi connectivity index (χ3n) is 2.74. The molecule has 17 heavy (non-hydrogen) atoms. The van der Waals surface area contributed by atoms with Crippen LogP contribution in [0.15, 0.2) is 35.9 Å². The molecule has 1 aromatic rings. The molecule has 0 unspecified atom stereocenters. The summed E-state index contributed by atoms with van der Waals surface area (Å²) in [5.74, 6) is -0.493. The predicted molar refractivity (Wildman–Crippen MR) is 64.3 cm³/mol. The third kappa shape index (κ3) is 3.39. The van der Waals surface area contributed by atoms with E-state index in [1.54, 1.807) is 0 Å². The fraction of sp³-hybridized carbons (Fsp3) is 0.308. The van der Waals surface area contributed by atoms with Gasteiger partial charge in [-0.05, 0) is 37.2 Å². The zero-order valence-electron chi connectivity index (χ0n) is 9.50. The van der Waals surface area contributed by atoms with Crippen molar-refractivity contribution >= 4 is 5.91 Å². The van der Waals surface area contributed by atoms with Crippen LogP contribution in [0.4, 0.5) is 4.39 Å². The minimum absolute atomic E-state index is 0.163. The molecular formula is C13H15FN2O. The average Bonchev–Trinajstić information content (AvgIpc) is 2.38. The molecule has 1 amide bonds. The molecule has 90 valence electrons. The second-order valence-corrected chi connectivity index (χ2v) is 4.01. The van der Waals surface area contributed by atoms with Crippen LogP contribution in [0.3, 0.4) is 0 Å². The van der Waals surface area contributed by atoms with Crippen LogP contribution in [-0.4, -0.2) is 25.5 Å². The van der Waals surface area contributed by atoms with Gasteiger partial charge in [0.05, 0.1) is 0 Å². The van der Waals surface area contributed by atoms with Crippen LogP contribution in [0.25, 0.3) is 0 Å². The largest absolute Gasteiger partial charge is 0.348 e. The molecule has 1 aliphatic rings. The van der Waals surface area contributed by atoms with E-state index in [1.807, 2.05) is 0 Å². The summed E-state index contributed by atoms with van der Waals surface area (Å²) in [7, 11) is 0. The Bertz CT molecular complexity index is 426. The summed E-state index contributed by atoms with van der Waals surface area (Å²) in [4.78, 5) is 11.7. The van der Waals surface area contributed by atoms with Crippen molar-refractivity contribution in [1.82, 2.24) is 10.6 Å². The van der Waals surface area contributed by atoms with Crippen LogP contribution >= 0.6 is 0 Å². The highest BCUT2D eigenvalue weighted by molar-refractivity contribution is 5.94. The summed E-state index contributed by atoms with van der Waals surface area (Å²) >= 11 is 0. The first-order valence-electron chi connectivity index (χ1n) is 5.68. The van der Waals surface area contributed by atoms with Crippen molar-refractivity contribution in [2.45, 2.75) is 6.42 Å². The molecule has 0 aliphatic carbocycles. The number of rotatable bonds is 3. The molecule has 0 spiro atoms. The molecule has 0 fully saturated rings. The molecule has 3 nitrogen and oxygen atoms in total. The minimum Gasteiger partial charge on any atom is -0.348 e. The molecular weight excluding hydrogens is 219 g/mol. The SMILES string of the molecule is O=C(NCC1=CCNCC1)c1ccc(F)cc1. The monoisotopic (exact) mass is 234 g/mol. The van der Waals surface area contributed by atoms with Gasteiger partial charge in [-0.25, -0.2) is 4.39 Å². The molecule has 0 bridgehead atoms. The lowest BCUT2D eigenvalue weighted by atomic mass is 10.1. The van der Waals surface area contributed by atoms with Gasteiger partial charge < -0.3 is 10.6 Å². The van der Waals surface area contributed by atoms with E-state index in [0.29, 0.717) is 12.1 Å². The highest BCUT2D eigenvalue weighted by Crippen LogP contribution is 2.05. The first-order chi connectivity index (χ1) is 8.25. The summed E-state index contributed by atoms with van der Waals surface area (Å²) in [6.45, 7) is 2.39. The second-order valence-electron chi connectivity index (χ2n) is 4.01. The predicted octanol–water partition coefficient (Wildman–Crippen LogP) is 1.48. The Morgan fingerprint density at radius 1 is 1.35 bits per heavy atom. The normalized spacial score (nSPS) is 15.2. The van der Waals surface area contributed by atoms with Crippen molar-refractivity contribution in [3.8, 4) is 0 Å². The molecule has 0 aromatic heterocycles. The number of amides is 1. The number of hydrogen-bond acceptors (Lipinski definition) is 2. The highest BCUT2D eigenvalue weighted by Gasteiger charge is 2.07. The molecule has 4 heteroatoms. The van der Waals surface area contributed by atoms with Crippen LogP contribution in [0.5, 0.6) is 0 Å². The molecule has 0 saturated carbocycles. The maximum atomic E-state index is 12.7. The van der Waals surface area contributed by atoms with Crippen LogP contribution < -0.4 is 10.6 Å². The maximum Gasteiger partial charge on any atom is 0.251 e. The summed E-state index contributed by atoms with van der Waals surface area (Å²) < 4.78 is 12.7. The van der Waals surface area contributed by atoms with Crippen LogP contribution in [0.2, 0.25) is 0 Å². The van der Waals surface area contributed by atoms with Crippen molar-refractivity contribution < 1.29 is 9.18 Å². The van der Waals surface area contributed by atoms with Crippen molar-refractivity contribution in [2.75, 3.05) is 19.6 Å². The minimum atomic E-state index is -0.331. The number of halogens is 1. The van der Waals surface area contributed by atoms with E-state index in [2.05, 4.69) is 16.7 Å². The van der Waals surface area contributed by atoms with Gasteiger partial charge in [-0.2, -0.15) is 0 Å². The zero-order valence-corrected chi connectivity index (χ0v) is 9.50. The van der Waals surface area contributed by atoms with Gasteiger partial charge in [0.2, 0.25) is 0 Å². The highest BCUT2D eigenvalue weighted by atomic mass is 19.1. The molecule has 2 N–H and O–H groups in total. The lowest BCUT2D eigenvalue weighted by Crippen LogP contribution is -2.29. The van der Waals surface area contributed by atoms with Gasteiger partial charge in [-0.3, -0.25) is 4.79 Å². The summed E-state index contributed by atoms with van der Waals surface area (Å²) in [6.07, 6.45) is 3.05. The van der Waals surface area contributed by atoms with E-state index in [4.69, 9.17) is 0 Å². The Morgan fingerprint density at radius 3 is 2.76 bits per heavy atom. The van der Waals surface area contributed by atoms with Crippen molar-refractivity contribution in [2.24, 2.45) is 0 Å². The zero-order chi connectivity index (χ0) is 12.1. The van der Waals surface area contributed by atoms with Crippen LogP contribution in [-0.2, 0) is 0 Å². The van der Waals surface area contributed by atoms with Crippen molar-refractivity contribution in [3.05, 3.63) is 47.3 Å². The third-order valence-corrected chi connectivity index (χ3v) is 2.74. The molecule has 0 atom stereocenters. The number of hydrogen-bond donors (Lipinski definition) is 2. The fourth-order valence-electron chi connectivity index (χ4n) is 1.73. The Morgan fingerprint density at radius 2 is 2.12 bits per heavy atom.